The van der Waals surface area contributed by atoms with Crippen LogP contribution in [-0.2, 0) is 23.9 Å². The second-order valence-electron chi connectivity index (χ2n) is 7.64. The average Bonchev–Trinajstić information content (AvgIpc) is 3.19. The van der Waals surface area contributed by atoms with Crippen molar-refractivity contribution in [3.8, 4) is 11.5 Å². The molecule has 0 amide bonds. The highest BCUT2D eigenvalue weighted by Crippen LogP contribution is 2.47. The second kappa shape index (κ2) is 7.51. The Morgan fingerprint density at radius 2 is 1.87 bits per heavy atom. The fourth-order valence-electron chi connectivity index (χ4n) is 4.49. The predicted octanol–water partition coefficient (Wildman–Crippen LogP) is 2.20. The molecule has 8 nitrogen and oxygen atoms in total. The van der Waals surface area contributed by atoms with Crippen LogP contribution in [0, 0.1) is 11.8 Å². The molecule has 1 N–H and O–H groups in total. The van der Waals surface area contributed by atoms with E-state index in [0.717, 1.165) is 0 Å². The zero-order valence-corrected chi connectivity index (χ0v) is 17.2. The van der Waals surface area contributed by atoms with Crippen LogP contribution in [0.3, 0.4) is 0 Å². The Bertz CT molecular complexity index is 1010. The maximum Gasteiger partial charge on any atom is 0.336 e. The summed E-state index contributed by atoms with van der Waals surface area (Å²) in [7, 11) is 2.57. The Morgan fingerprint density at radius 1 is 1.13 bits per heavy atom. The third kappa shape index (κ3) is 3.03. The van der Waals surface area contributed by atoms with Crippen molar-refractivity contribution in [2.45, 2.75) is 26.2 Å². The number of ether oxygens (including phenoxy) is 4. The molecule has 158 valence electrons. The maximum absolute atomic E-state index is 13.5. The van der Waals surface area contributed by atoms with Crippen LogP contribution >= 0.6 is 0 Å². The van der Waals surface area contributed by atoms with E-state index in [1.54, 1.807) is 25.1 Å². The summed E-state index contributed by atoms with van der Waals surface area (Å²) in [5.74, 6) is -2.19. The van der Waals surface area contributed by atoms with E-state index < -0.39 is 23.8 Å². The van der Waals surface area contributed by atoms with Gasteiger partial charge in [-0.2, -0.15) is 0 Å². The largest absolute Gasteiger partial charge is 0.468 e. The Labute approximate surface area is 173 Å². The van der Waals surface area contributed by atoms with Gasteiger partial charge in [-0.05, 0) is 37.0 Å². The van der Waals surface area contributed by atoms with Gasteiger partial charge in [-0.25, -0.2) is 4.79 Å². The molecule has 4 rings (SSSR count). The highest BCUT2D eigenvalue weighted by atomic mass is 16.7. The van der Waals surface area contributed by atoms with Crippen molar-refractivity contribution < 1.29 is 33.3 Å². The molecule has 1 aromatic rings. The summed E-state index contributed by atoms with van der Waals surface area (Å²) < 4.78 is 20.8. The molecule has 30 heavy (non-hydrogen) atoms. The first-order chi connectivity index (χ1) is 14.4. The van der Waals surface area contributed by atoms with E-state index in [1.165, 1.54) is 14.2 Å². The van der Waals surface area contributed by atoms with Gasteiger partial charge in [0.2, 0.25) is 6.79 Å². The van der Waals surface area contributed by atoms with Gasteiger partial charge in [-0.3, -0.25) is 9.59 Å². The zero-order chi connectivity index (χ0) is 21.6. The van der Waals surface area contributed by atoms with Crippen molar-refractivity contribution in [2.75, 3.05) is 21.0 Å². The summed E-state index contributed by atoms with van der Waals surface area (Å²) in [6.07, 6.45) is 0.480. The molecule has 1 aliphatic carbocycles. The number of carbonyl (C=O) groups excluding carboxylic acids is 3. The second-order valence-corrected chi connectivity index (χ2v) is 7.64. The van der Waals surface area contributed by atoms with Gasteiger partial charge < -0.3 is 24.3 Å². The number of allylic oxidation sites excluding steroid dienone is 3. The molecular weight excluding hydrogens is 390 g/mol. The van der Waals surface area contributed by atoms with Gasteiger partial charge in [0.15, 0.2) is 17.3 Å². The lowest BCUT2D eigenvalue weighted by atomic mass is 9.69. The summed E-state index contributed by atoms with van der Waals surface area (Å²) in [5, 5.41) is 3.20. The van der Waals surface area contributed by atoms with Crippen molar-refractivity contribution in [1.82, 2.24) is 5.32 Å². The summed E-state index contributed by atoms with van der Waals surface area (Å²) >= 11 is 0. The molecule has 0 spiro atoms. The van der Waals surface area contributed by atoms with Crippen molar-refractivity contribution >= 4 is 17.7 Å². The summed E-state index contributed by atoms with van der Waals surface area (Å²) in [6.45, 7) is 3.73. The van der Waals surface area contributed by atoms with E-state index in [2.05, 4.69) is 5.32 Å². The number of hydrogen-bond donors (Lipinski definition) is 1. The minimum Gasteiger partial charge on any atom is -0.468 e. The zero-order valence-electron chi connectivity index (χ0n) is 17.2. The Balaban J connectivity index is 1.88. The lowest BCUT2D eigenvalue weighted by molar-refractivity contribution is -0.151. The standard InChI is InChI=1S/C22H23NO7/c1-10-7-13-19(20(24)16(10)21(25)27-3)18(17(11(2)23-13)22(26)28-4)12-5-6-14-15(8-12)30-9-29-14/h5-6,8,10,16,18,23H,7,9H2,1-4H3/t10-,16+,18+/m1/s1. The SMILES string of the molecule is COC(=O)C1=C(C)NC2=C(C(=O)[C@@H](C(=O)OC)[C@H](C)C2)[C@H]1c1ccc2c(c1)OCO2. The van der Waals surface area contributed by atoms with Gasteiger partial charge >= 0.3 is 11.9 Å². The lowest BCUT2D eigenvalue weighted by Gasteiger charge is -2.38. The first-order valence-corrected chi connectivity index (χ1v) is 9.68. The topological polar surface area (TPSA) is 100 Å². The monoisotopic (exact) mass is 413 g/mol. The maximum atomic E-state index is 13.5. The number of fused-ring (bicyclic) bond motifs is 1. The van der Waals surface area contributed by atoms with Crippen molar-refractivity contribution in [3.63, 3.8) is 0 Å². The molecule has 1 aromatic carbocycles. The molecule has 8 heteroatoms. The Morgan fingerprint density at radius 3 is 2.57 bits per heavy atom. The highest BCUT2D eigenvalue weighted by molar-refractivity contribution is 6.12. The number of nitrogens with one attached hydrogen (secondary N) is 1. The summed E-state index contributed by atoms with van der Waals surface area (Å²) in [5.41, 5.74) is 2.70. The van der Waals surface area contributed by atoms with Crippen LogP contribution in [0.4, 0.5) is 0 Å². The van der Waals surface area contributed by atoms with Crippen LogP contribution in [0.2, 0.25) is 0 Å². The van der Waals surface area contributed by atoms with Crippen LogP contribution in [0.25, 0.3) is 0 Å². The Kier molecular flexibility index (Phi) is 5.01. The molecule has 3 aliphatic rings. The molecule has 0 saturated heterocycles. The number of benzene rings is 1. The molecule has 0 radical (unpaired) electrons. The molecule has 0 unspecified atom stereocenters. The van der Waals surface area contributed by atoms with Crippen molar-refractivity contribution in [3.05, 3.63) is 46.3 Å². The minimum atomic E-state index is -0.927. The number of ketones is 1. The molecule has 3 atom stereocenters. The van der Waals surface area contributed by atoms with E-state index in [1.807, 2.05) is 6.92 Å². The minimum absolute atomic E-state index is 0.110. The van der Waals surface area contributed by atoms with Gasteiger partial charge in [0.1, 0.15) is 5.92 Å². The molecular formula is C22H23NO7. The smallest absolute Gasteiger partial charge is 0.336 e. The Hall–Kier alpha value is -3.29. The molecule has 0 aromatic heterocycles. The van der Waals surface area contributed by atoms with Gasteiger partial charge in [-0.15, -0.1) is 0 Å². The van der Waals surface area contributed by atoms with Gasteiger partial charge in [-0.1, -0.05) is 13.0 Å². The van der Waals surface area contributed by atoms with E-state index in [0.29, 0.717) is 46.0 Å². The van der Waals surface area contributed by atoms with Crippen LogP contribution in [0.15, 0.2) is 40.7 Å². The van der Waals surface area contributed by atoms with E-state index in [9.17, 15) is 14.4 Å². The first kappa shape index (κ1) is 20.0. The van der Waals surface area contributed by atoms with Crippen LogP contribution < -0.4 is 14.8 Å². The summed E-state index contributed by atoms with van der Waals surface area (Å²) in [6, 6.07) is 5.30. The number of hydrogen-bond acceptors (Lipinski definition) is 8. The number of rotatable bonds is 3. The van der Waals surface area contributed by atoms with Crippen molar-refractivity contribution in [1.29, 1.82) is 0 Å². The fourth-order valence-corrected chi connectivity index (χ4v) is 4.49. The van der Waals surface area contributed by atoms with Gasteiger partial charge in [0.25, 0.3) is 0 Å². The number of dihydropyridines is 1. The average molecular weight is 413 g/mol. The number of carbonyl (C=O) groups is 3. The van der Waals surface area contributed by atoms with E-state index >= 15 is 0 Å². The third-order valence-corrected chi connectivity index (χ3v) is 5.88. The number of esters is 2. The molecule has 0 fully saturated rings. The van der Waals surface area contributed by atoms with Crippen LogP contribution in [0.5, 0.6) is 11.5 Å². The molecule has 2 heterocycles. The third-order valence-electron chi connectivity index (χ3n) is 5.88. The van der Waals surface area contributed by atoms with Crippen LogP contribution in [-0.4, -0.2) is 38.7 Å². The highest BCUT2D eigenvalue weighted by Gasteiger charge is 2.47. The molecule has 0 bridgehead atoms. The van der Waals surface area contributed by atoms with Gasteiger partial charge in [0, 0.05) is 22.9 Å². The van der Waals surface area contributed by atoms with E-state index in [-0.39, 0.29) is 18.5 Å². The first-order valence-electron chi connectivity index (χ1n) is 9.68. The van der Waals surface area contributed by atoms with E-state index in [4.69, 9.17) is 18.9 Å². The summed E-state index contributed by atoms with van der Waals surface area (Å²) in [4.78, 5) is 38.6. The quantitative estimate of drug-likeness (QED) is 0.595. The number of Topliss-reactive ketones (excluding diaryl/α,β-unsaturated/α-hetero) is 1. The van der Waals surface area contributed by atoms with Gasteiger partial charge in [0.05, 0.1) is 19.8 Å². The molecule has 0 saturated carbocycles. The molecule has 2 aliphatic heterocycles. The fraction of sp³-hybridized carbons (Fsp3) is 0.409. The number of methoxy groups -OCH3 is 2. The van der Waals surface area contributed by atoms with Crippen LogP contribution in [0.1, 0.15) is 31.7 Å². The predicted molar refractivity (Wildman–Crippen MR) is 104 cm³/mol. The lowest BCUT2D eigenvalue weighted by Crippen LogP contribution is -2.43. The van der Waals surface area contributed by atoms with Crippen molar-refractivity contribution in [2.24, 2.45) is 11.8 Å². The normalized spacial score (nSPS) is 24.9.